The Bertz CT molecular complexity index is 1430. The Kier molecular flexibility index (Phi) is 6.03. The first kappa shape index (κ1) is 25.9. The molecule has 7 heteroatoms. The lowest BCUT2D eigenvalue weighted by molar-refractivity contribution is -0.173. The molecule has 2 aliphatic heterocycles. The van der Waals surface area contributed by atoms with Gasteiger partial charge in [0.1, 0.15) is 11.5 Å². The summed E-state index contributed by atoms with van der Waals surface area (Å²) < 4.78 is 53.6. The normalized spacial score (nSPS) is 25.2. The molecule has 2 aromatic carbocycles. The zero-order valence-corrected chi connectivity index (χ0v) is 22.1. The molecule has 4 fully saturated rings. The Morgan fingerprint density at radius 3 is 2.28 bits per heavy atom. The van der Waals surface area contributed by atoms with Crippen molar-refractivity contribution in [3.8, 4) is 17.3 Å². The zero-order valence-electron chi connectivity index (χ0n) is 22.1. The molecule has 4 nitrogen and oxygen atoms in total. The number of hydrogen-bond donors (Lipinski definition) is 0. The number of halogens is 3. The molecule has 3 aromatic rings. The summed E-state index contributed by atoms with van der Waals surface area (Å²) in [6, 6.07) is 16.1. The molecule has 2 aliphatic carbocycles. The van der Waals surface area contributed by atoms with Crippen LogP contribution in [0.2, 0.25) is 0 Å². The molecule has 0 radical (unpaired) electrons. The molecule has 7 rings (SSSR count). The molecule has 0 spiro atoms. The Morgan fingerprint density at radius 2 is 1.69 bits per heavy atom. The van der Waals surface area contributed by atoms with Crippen molar-refractivity contribution in [3.05, 3.63) is 82.6 Å². The van der Waals surface area contributed by atoms with Gasteiger partial charge in [0.2, 0.25) is 0 Å². The second kappa shape index (κ2) is 9.09. The van der Waals surface area contributed by atoms with E-state index in [0.717, 1.165) is 55.7 Å². The minimum atomic E-state index is -4.48. The molecule has 2 saturated carbocycles. The fourth-order valence-corrected chi connectivity index (χ4v) is 6.07. The molecule has 0 unspecified atom stereocenters. The van der Waals surface area contributed by atoms with E-state index in [1.54, 1.807) is 6.07 Å². The molecule has 0 amide bonds. The molecule has 4 aliphatic rings. The largest absolute Gasteiger partial charge is 0.417 e. The van der Waals surface area contributed by atoms with Gasteiger partial charge in [-0.25, -0.2) is 0 Å². The highest BCUT2D eigenvalue weighted by molar-refractivity contribution is 5.76. The minimum absolute atomic E-state index is 0.0448. The summed E-state index contributed by atoms with van der Waals surface area (Å²) in [7, 11) is 0. The summed E-state index contributed by atoms with van der Waals surface area (Å²) in [4.78, 5) is 0. The quantitative estimate of drug-likeness (QED) is 0.319. The van der Waals surface area contributed by atoms with Crippen molar-refractivity contribution in [3.63, 3.8) is 0 Å². The van der Waals surface area contributed by atoms with E-state index >= 15 is 0 Å². The van der Waals surface area contributed by atoms with Crippen molar-refractivity contribution in [1.82, 2.24) is 5.16 Å². The molecule has 39 heavy (non-hydrogen) atoms. The average Bonchev–Trinajstić information content (AvgIpc) is 3.71. The standard InChI is InChI=1S/C32H31F3N2O2/c1-29(2,19-36)22-9-11-23(12-10-22)31-17-15-30(16-18-31,20-38-31)14-13-25-27(37-39-28(25)21-7-8-21)24-5-3-4-6-26(24)32(33,34)35/h3-6,9-14,21H,7-8,15-18,20H2,1-2H3/b14-13+. The third kappa shape index (κ3) is 4.59. The monoisotopic (exact) mass is 532 g/mol. The van der Waals surface area contributed by atoms with Crippen LogP contribution in [-0.2, 0) is 21.9 Å². The van der Waals surface area contributed by atoms with Gasteiger partial charge < -0.3 is 9.26 Å². The van der Waals surface area contributed by atoms with Crippen LogP contribution in [0.15, 0.2) is 59.1 Å². The van der Waals surface area contributed by atoms with E-state index in [9.17, 15) is 18.4 Å². The number of fused-ring (bicyclic) bond motifs is 3. The summed E-state index contributed by atoms with van der Waals surface area (Å²) in [6.07, 6.45) is 5.07. The van der Waals surface area contributed by atoms with Crippen molar-refractivity contribution in [1.29, 1.82) is 5.26 Å². The topological polar surface area (TPSA) is 59.0 Å². The van der Waals surface area contributed by atoms with Gasteiger partial charge in [0.05, 0.1) is 29.3 Å². The first-order valence-electron chi connectivity index (χ1n) is 13.6. The lowest BCUT2D eigenvalue weighted by Crippen LogP contribution is -2.48. The Morgan fingerprint density at radius 1 is 1.00 bits per heavy atom. The smallest absolute Gasteiger partial charge is 0.369 e. The molecule has 2 bridgehead atoms. The van der Waals surface area contributed by atoms with Gasteiger partial charge in [-0.2, -0.15) is 18.4 Å². The van der Waals surface area contributed by atoms with E-state index in [1.807, 2.05) is 32.1 Å². The van der Waals surface area contributed by atoms with Crippen LogP contribution in [0.4, 0.5) is 13.2 Å². The van der Waals surface area contributed by atoms with Gasteiger partial charge in [-0.1, -0.05) is 59.8 Å². The molecular formula is C32H31F3N2O2. The van der Waals surface area contributed by atoms with Crippen molar-refractivity contribution in [2.24, 2.45) is 5.41 Å². The average molecular weight is 533 g/mol. The summed E-state index contributed by atoms with van der Waals surface area (Å²) in [6.45, 7) is 4.37. The van der Waals surface area contributed by atoms with Gasteiger partial charge in [0, 0.05) is 22.5 Å². The third-order valence-corrected chi connectivity index (χ3v) is 8.90. The second-order valence-corrected chi connectivity index (χ2v) is 11.9. The van der Waals surface area contributed by atoms with E-state index in [1.165, 1.54) is 12.1 Å². The maximum absolute atomic E-state index is 13.8. The number of rotatable bonds is 6. The third-order valence-electron chi connectivity index (χ3n) is 8.90. The van der Waals surface area contributed by atoms with Crippen LogP contribution in [0.5, 0.6) is 0 Å². The fourth-order valence-electron chi connectivity index (χ4n) is 6.07. The Hall–Kier alpha value is -3.37. The Balaban J connectivity index is 1.26. The van der Waals surface area contributed by atoms with Crippen LogP contribution in [0, 0.1) is 16.7 Å². The first-order valence-corrected chi connectivity index (χ1v) is 13.6. The summed E-state index contributed by atoms with van der Waals surface area (Å²) in [5.41, 5.74) is 1.31. The number of aromatic nitrogens is 1. The maximum Gasteiger partial charge on any atom is 0.417 e. The number of nitriles is 1. The van der Waals surface area contributed by atoms with E-state index in [-0.39, 0.29) is 28.2 Å². The van der Waals surface area contributed by atoms with Crippen LogP contribution in [0.1, 0.15) is 86.3 Å². The molecule has 1 aromatic heterocycles. The predicted octanol–water partition coefficient (Wildman–Crippen LogP) is 8.54. The van der Waals surface area contributed by atoms with Gasteiger partial charge >= 0.3 is 6.18 Å². The maximum atomic E-state index is 13.8. The molecule has 0 atom stereocenters. The van der Waals surface area contributed by atoms with Crippen LogP contribution in [-0.4, -0.2) is 11.8 Å². The highest BCUT2D eigenvalue weighted by Crippen LogP contribution is 2.55. The van der Waals surface area contributed by atoms with Crippen molar-refractivity contribution in [2.45, 2.75) is 75.5 Å². The van der Waals surface area contributed by atoms with Gasteiger partial charge in [-0.15, -0.1) is 0 Å². The summed E-state index contributed by atoms with van der Waals surface area (Å²) in [5.74, 6) is 0.883. The minimum Gasteiger partial charge on any atom is -0.369 e. The van der Waals surface area contributed by atoms with E-state index in [4.69, 9.17) is 9.26 Å². The molecule has 0 N–H and O–H groups in total. The number of benzene rings is 2. The van der Waals surface area contributed by atoms with Crippen molar-refractivity contribution < 1.29 is 22.4 Å². The highest BCUT2D eigenvalue weighted by Gasteiger charge is 2.49. The van der Waals surface area contributed by atoms with Crippen molar-refractivity contribution >= 4 is 6.08 Å². The van der Waals surface area contributed by atoms with Gasteiger partial charge in [-0.05, 0) is 69.6 Å². The van der Waals surface area contributed by atoms with E-state index in [0.29, 0.717) is 17.9 Å². The van der Waals surface area contributed by atoms with Gasteiger partial charge in [-0.3, -0.25) is 0 Å². The van der Waals surface area contributed by atoms with E-state index < -0.39 is 17.2 Å². The van der Waals surface area contributed by atoms with Crippen LogP contribution in [0.25, 0.3) is 17.3 Å². The first-order chi connectivity index (χ1) is 18.6. The lowest BCUT2D eigenvalue weighted by atomic mass is 9.64. The zero-order chi connectivity index (χ0) is 27.5. The van der Waals surface area contributed by atoms with Gasteiger partial charge in [0.25, 0.3) is 0 Å². The molecule has 3 heterocycles. The molecule has 202 valence electrons. The van der Waals surface area contributed by atoms with E-state index in [2.05, 4.69) is 29.4 Å². The Labute approximate surface area is 226 Å². The summed E-state index contributed by atoms with van der Waals surface area (Å²) >= 11 is 0. The lowest BCUT2D eigenvalue weighted by Gasteiger charge is -2.52. The van der Waals surface area contributed by atoms with Crippen LogP contribution >= 0.6 is 0 Å². The van der Waals surface area contributed by atoms with Crippen molar-refractivity contribution in [2.75, 3.05) is 6.61 Å². The molecular weight excluding hydrogens is 501 g/mol. The number of nitrogens with zero attached hydrogens (tertiary/aromatic N) is 2. The number of ether oxygens (including phenoxy) is 1. The fraction of sp³-hybridized carbons (Fsp3) is 0.438. The van der Waals surface area contributed by atoms with Crippen LogP contribution < -0.4 is 0 Å². The highest BCUT2D eigenvalue weighted by atomic mass is 19.4. The summed E-state index contributed by atoms with van der Waals surface area (Å²) in [5, 5.41) is 13.6. The number of alkyl halides is 3. The second-order valence-electron chi connectivity index (χ2n) is 11.9. The van der Waals surface area contributed by atoms with Gasteiger partial charge in [0.15, 0.2) is 0 Å². The van der Waals surface area contributed by atoms with Crippen LogP contribution in [0.3, 0.4) is 0 Å². The number of hydrogen-bond acceptors (Lipinski definition) is 4. The molecule has 2 saturated heterocycles. The predicted molar refractivity (Wildman–Crippen MR) is 142 cm³/mol. The SMILES string of the molecule is CC(C)(C#N)c1ccc(C23CCC(/C=C/c4c(-c5ccccc5C(F)(F)F)noc4C4CC4)(CC2)CO3)cc1.